The number of nitro benzene ring substituents is 1. The topological polar surface area (TPSA) is 55.6 Å². The smallest absolute Gasteiger partial charge is 0.295 e. The fraction of sp³-hybridized carbons (Fsp3) is 0.385. The monoisotopic (exact) mass is 266 g/mol. The first kappa shape index (κ1) is 13.5. The minimum atomic E-state index is -0.603. The van der Waals surface area contributed by atoms with Crippen molar-refractivity contribution in [2.75, 3.05) is 24.6 Å². The number of anilines is 1. The number of nitrogens with zero attached hydrogens (tertiary/aromatic N) is 2. The maximum atomic E-state index is 13.1. The van der Waals surface area contributed by atoms with Crippen LogP contribution in [0.1, 0.15) is 6.42 Å². The Bertz CT molecular complexity index is 493. The second-order valence-electron chi connectivity index (χ2n) is 4.37. The second-order valence-corrected chi connectivity index (χ2v) is 4.37. The summed E-state index contributed by atoms with van der Waals surface area (Å²) in [6.07, 6.45) is 2.49. The van der Waals surface area contributed by atoms with Gasteiger partial charge in [-0.05, 0) is 18.6 Å². The van der Waals surface area contributed by atoms with Crippen molar-refractivity contribution in [3.63, 3.8) is 0 Å². The molecule has 0 N–H and O–H groups in total. The van der Waals surface area contributed by atoms with E-state index < -0.39 is 10.7 Å². The molecule has 0 bridgehead atoms. The van der Waals surface area contributed by atoms with E-state index in [0.29, 0.717) is 25.4 Å². The average Bonchev–Trinajstić information content (AvgIpc) is 2.84. The van der Waals surface area contributed by atoms with Gasteiger partial charge < -0.3 is 9.64 Å². The van der Waals surface area contributed by atoms with Gasteiger partial charge in [-0.1, -0.05) is 6.08 Å². The molecule has 1 heterocycles. The minimum absolute atomic E-state index is 0.0302. The molecular weight excluding hydrogens is 251 g/mol. The van der Waals surface area contributed by atoms with Crippen molar-refractivity contribution < 1.29 is 14.1 Å². The predicted molar refractivity (Wildman–Crippen MR) is 69.8 cm³/mol. The molecule has 1 aromatic carbocycles. The zero-order chi connectivity index (χ0) is 13.8. The van der Waals surface area contributed by atoms with Crippen LogP contribution in [0, 0.1) is 15.9 Å². The summed E-state index contributed by atoms with van der Waals surface area (Å²) in [7, 11) is 0. The van der Waals surface area contributed by atoms with Crippen LogP contribution in [0.3, 0.4) is 0 Å². The molecule has 102 valence electrons. The number of hydrogen-bond acceptors (Lipinski definition) is 4. The lowest BCUT2D eigenvalue weighted by molar-refractivity contribution is -0.384. The zero-order valence-electron chi connectivity index (χ0n) is 10.4. The molecule has 0 spiro atoms. The summed E-state index contributed by atoms with van der Waals surface area (Å²) < 4.78 is 18.6. The third kappa shape index (κ3) is 3.08. The summed E-state index contributed by atoms with van der Waals surface area (Å²) in [5.74, 6) is -0.603. The van der Waals surface area contributed by atoms with Crippen LogP contribution in [0.25, 0.3) is 0 Å². The minimum Gasteiger partial charge on any atom is -0.372 e. The predicted octanol–water partition coefficient (Wildman–Crippen LogP) is 2.52. The SMILES string of the molecule is C=CCOC1CCN(c2ccc(F)cc2[N+](=O)[O-])C1. The highest BCUT2D eigenvalue weighted by Crippen LogP contribution is 2.31. The van der Waals surface area contributed by atoms with Crippen LogP contribution < -0.4 is 4.90 Å². The molecule has 1 aliphatic heterocycles. The molecular formula is C13H15FN2O3. The van der Waals surface area contributed by atoms with Gasteiger partial charge in [-0.15, -0.1) is 6.58 Å². The van der Waals surface area contributed by atoms with Crippen LogP contribution in [-0.4, -0.2) is 30.7 Å². The lowest BCUT2D eigenvalue weighted by atomic mass is 10.2. The quantitative estimate of drug-likeness (QED) is 0.467. The van der Waals surface area contributed by atoms with E-state index in [2.05, 4.69) is 6.58 Å². The first-order valence-corrected chi connectivity index (χ1v) is 6.03. The van der Waals surface area contributed by atoms with Crippen molar-refractivity contribution >= 4 is 11.4 Å². The third-order valence-electron chi connectivity index (χ3n) is 3.07. The number of nitro groups is 1. The summed E-state index contributed by atoms with van der Waals surface area (Å²) >= 11 is 0. The highest BCUT2D eigenvalue weighted by molar-refractivity contribution is 5.63. The van der Waals surface area contributed by atoms with Gasteiger partial charge in [0.05, 0.1) is 23.7 Å². The fourth-order valence-electron chi connectivity index (χ4n) is 2.20. The van der Waals surface area contributed by atoms with E-state index in [0.717, 1.165) is 12.5 Å². The molecule has 0 aliphatic carbocycles. The molecule has 0 amide bonds. The first-order chi connectivity index (χ1) is 9.11. The average molecular weight is 266 g/mol. The first-order valence-electron chi connectivity index (χ1n) is 6.03. The molecule has 1 saturated heterocycles. The standard InChI is InChI=1S/C13H15FN2O3/c1-2-7-19-11-5-6-15(9-11)12-4-3-10(14)8-13(12)16(17)18/h2-4,8,11H,1,5-7,9H2. The number of rotatable bonds is 5. The number of benzene rings is 1. The summed E-state index contributed by atoms with van der Waals surface area (Å²) in [6.45, 7) is 5.27. The maximum Gasteiger partial charge on any atom is 0.295 e. The zero-order valence-corrected chi connectivity index (χ0v) is 10.4. The largest absolute Gasteiger partial charge is 0.372 e. The molecule has 1 atom stereocenters. The summed E-state index contributed by atoms with van der Waals surface area (Å²) in [4.78, 5) is 12.2. The fourth-order valence-corrected chi connectivity index (χ4v) is 2.20. The van der Waals surface area contributed by atoms with Crippen molar-refractivity contribution in [2.24, 2.45) is 0 Å². The Labute approximate surface area is 110 Å². The van der Waals surface area contributed by atoms with Gasteiger partial charge in [0.15, 0.2) is 0 Å². The molecule has 1 aromatic rings. The highest BCUT2D eigenvalue weighted by Gasteiger charge is 2.28. The Balaban J connectivity index is 2.15. The van der Waals surface area contributed by atoms with Gasteiger partial charge >= 0.3 is 0 Å². The van der Waals surface area contributed by atoms with Gasteiger partial charge in [-0.2, -0.15) is 0 Å². The lowest BCUT2D eigenvalue weighted by Gasteiger charge is -2.18. The van der Waals surface area contributed by atoms with Gasteiger partial charge in [0.25, 0.3) is 5.69 Å². The lowest BCUT2D eigenvalue weighted by Crippen LogP contribution is -2.23. The van der Waals surface area contributed by atoms with Gasteiger partial charge in [0, 0.05) is 13.1 Å². The maximum absolute atomic E-state index is 13.1. The Morgan fingerprint density at radius 2 is 2.42 bits per heavy atom. The molecule has 0 radical (unpaired) electrons. The Hall–Kier alpha value is -1.95. The van der Waals surface area contributed by atoms with Crippen molar-refractivity contribution in [3.05, 3.63) is 46.8 Å². The van der Waals surface area contributed by atoms with Crippen LogP contribution in [0.2, 0.25) is 0 Å². The molecule has 0 aromatic heterocycles. The highest BCUT2D eigenvalue weighted by atomic mass is 19.1. The van der Waals surface area contributed by atoms with Crippen molar-refractivity contribution in [3.8, 4) is 0 Å². The normalized spacial score (nSPS) is 18.6. The van der Waals surface area contributed by atoms with Crippen LogP contribution >= 0.6 is 0 Å². The van der Waals surface area contributed by atoms with Crippen LogP contribution in [-0.2, 0) is 4.74 Å². The van der Waals surface area contributed by atoms with Gasteiger partial charge in [-0.3, -0.25) is 10.1 Å². The van der Waals surface area contributed by atoms with Crippen molar-refractivity contribution in [1.82, 2.24) is 0 Å². The summed E-state index contributed by atoms with van der Waals surface area (Å²) in [5.41, 5.74) is 0.237. The van der Waals surface area contributed by atoms with Crippen molar-refractivity contribution in [1.29, 1.82) is 0 Å². The van der Waals surface area contributed by atoms with Crippen LogP contribution in [0.4, 0.5) is 15.8 Å². The molecule has 19 heavy (non-hydrogen) atoms. The van der Waals surface area contributed by atoms with E-state index in [9.17, 15) is 14.5 Å². The van der Waals surface area contributed by atoms with Gasteiger partial charge in [0.2, 0.25) is 0 Å². The van der Waals surface area contributed by atoms with Crippen LogP contribution in [0.15, 0.2) is 30.9 Å². The molecule has 1 fully saturated rings. The molecule has 1 unspecified atom stereocenters. The van der Waals surface area contributed by atoms with E-state index in [1.165, 1.54) is 12.1 Å². The summed E-state index contributed by atoms with van der Waals surface area (Å²) in [6, 6.07) is 3.64. The molecule has 5 nitrogen and oxygen atoms in total. The van der Waals surface area contributed by atoms with Gasteiger partial charge in [0.1, 0.15) is 11.5 Å². The Kier molecular flexibility index (Phi) is 4.11. The molecule has 2 rings (SSSR count). The van der Waals surface area contributed by atoms with Crippen LogP contribution in [0.5, 0.6) is 0 Å². The molecule has 1 aliphatic rings. The van der Waals surface area contributed by atoms with E-state index in [-0.39, 0.29) is 11.8 Å². The number of halogens is 1. The van der Waals surface area contributed by atoms with E-state index >= 15 is 0 Å². The van der Waals surface area contributed by atoms with E-state index in [1.54, 1.807) is 6.08 Å². The second kappa shape index (κ2) is 5.79. The van der Waals surface area contributed by atoms with E-state index in [1.807, 2.05) is 4.90 Å². The summed E-state index contributed by atoms with van der Waals surface area (Å²) in [5, 5.41) is 11.0. The third-order valence-corrected chi connectivity index (χ3v) is 3.07. The van der Waals surface area contributed by atoms with Gasteiger partial charge in [-0.25, -0.2) is 4.39 Å². The van der Waals surface area contributed by atoms with E-state index in [4.69, 9.17) is 4.74 Å². The molecule has 6 heteroatoms. The number of ether oxygens (including phenoxy) is 1. The Morgan fingerprint density at radius 3 is 3.11 bits per heavy atom. The molecule has 0 saturated carbocycles. The Morgan fingerprint density at radius 1 is 1.63 bits per heavy atom. The van der Waals surface area contributed by atoms with Crippen molar-refractivity contribution in [2.45, 2.75) is 12.5 Å². The number of hydrogen-bond donors (Lipinski definition) is 0.